The van der Waals surface area contributed by atoms with Gasteiger partial charge in [-0.1, -0.05) is 17.3 Å². The van der Waals surface area contributed by atoms with Gasteiger partial charge in [0.2, 0.25) is 11.7 Å². The molecule has 0 spiro atoms. The van der Waals surface area contributed by atoms with Gasteiger partial charge in [-0.25, -0.2) is 18.3 Å². The van der Waals surface area contributed by atoms with E-state index in [-0.39, 0.29) is 29.8 Å². The first-order chi connectivity index (χ1) is 14.5. The minimum absolute atomic E-state index is 0.132. The third-order valence-corrected chi connectivity index (χ3v) is 4.75. The molecule has 0 aliphatic heterocycles. The molecule has 1 aromatic carbocycles. The van der Waals surface area contributed by atoms with Crippen LogP contribution in [0.4, 0.5) is 4.39 Å². The quantitative estimate of drug-likeness (QED) is 0.483. The number of carbonyl (C=O) groups is 1. The Hall–Kier alpha value is -3.82. The molecule has 0 saturated heterocycles. The lowest BCUT2D eigenvalue weighted by atomic mass is 10.2. The van der Waals surface area contributed by atoms with Crippen LogP contribution in [0.3, 0.4) is 0 Å². The SMILES string of the molecule is CCN(CC)C(=O)Cn1nc2c(-c3nc(-c4cccc(F)c4)no3)cccn2c1=O. The van der Waals surface area contributed by atoms with Gasteiger partial charge < -0.3 is 9.42 Å². The fraction of sp³-hybridized carbons (Fsp3) is 0.250. The number of rotatable bonds is 6. The first-order valence-electron chi connectivity index (χ1n) is 9.47. The fourth-order valence-corrected chi connectivity index (χ4v) is 3.19. The Morgan fingerprint density at radius 2 is 2.00 bits per heavy atom. The van der Waals surface area contributed by atoms with Crippen molar-refractivity contribution < 1.29 is 13.7 Å². The van der Waals surface area contributed by atoms with Crippen LogP contribution >= 0.6 is 0 Å². The molecule has 0 aliphatic carbocycles. The Bertz CT molecular complexity index is 1270. The van der Waals surface area contributed by atoms with Gasteiger partial charge in [-0.2, -0.15) is 4.98 Å². The summed E-state index contributed by atoms with van der Waals surface area (Å²) >= 11 is 0. The number of amides is 1. The summed E-state index contributed by atoms with van der Waals surface area (Å²) in [6.07, 6.45) is 1.55. The van der Waals surface area contributed by atoms with Crippen LogP contribution in [0, 0.1) is 5.82 Å². The first-order valence-corrected chi connectivity index (χ1v) is 9.47. The van der Waals surface area contributed by atoms with Gasteiger partial charge in [0.05, 0.1) is 5.56 Å². The van der Waals surface area contributed by atoms with Crippen LogP contribution in [0.1, 0.15) is 13.8 Å². The van der Waals surface area contributed by atoms with Crippen LogP contribution < -0.4 is 5.69 Å². The Morgan fingerprint density at radius 3 is 2.73 bits per heavy atom. The molecular weight excluding hydrogens is 391 g/mol. The number of halogens is 1. The zero-order chi connectivity index (χ0) is 21.3. The average molecular weight is 410 g/mol. The lowest BCUT2D eigenvalue weighted by Crippen LogP contribution is -2.36. The van der Waals surface area contributed by atoms with E-state index in [9.17, 15) is 14.0 Å². The second-order valence-corrected chi connectivity index (χ2v) is 6.56. The Kier molecular flexibility index (Phi) is 5.13. The summed E-state index contributed by atoms with van der Waals surface area (Å²) in [5.74, 6) is -0.264. The number of hydrogen-bond acceptors (Lipinski definition) is 6. The van der Waals surface area contributed by atoms with E-state index in [2.05, 4.69) is 15.2 Å². The van der Waals surface area contributed by atoms with E-state index in [1.807, 2.05) is 13.8 Å². The van der Waals surface area contributed by atoms with Crippen molar-refractivity contribution in [3.63, 3.8) is 0 Å². The molecule has 0 aliphatic rings. The predicted molar refractivity (Wildman–Crippen MR) is 106 cm³/mol. The maximum atomic E-state index is 13.5. The van der Waals surface area contributed by atoms with Gasteiger partial charge in [0.25, 0.3) is 5.89 Å². The maximum absolute atomic E-state index is 13.5. The minimum atomic E-state index is -0.447. The predicted octanol–water partition coefficient (Wildman–Crippen LogP) is 2.22. The summed E-state index contributed by atoms with van der Waals surface area (Å²) in [4.78, 5) is 31.0. The standard InChI is InChI=1S/C20H19FN6O3/c1-3-25(4-2)16(28)12-27-20(29)26-10-6-9-15(18(26)23-27)19-22-17(24-30-19)13-7-5-8-14(21)11-13/h5-11H,3-4,12H2,1-2H3. The van der Waals surface area contributed by atoms with Crippen molar-refractivity contribution in [1.29, 1.82) is 0 Å². The van der Waals surface area contributed by atoms with Gasteiger partial charge in [0.15, 0.2) is 5.65 Å². The second kappa shape index (κ2) is 7.90. The minimum Gasteiger partial charge on any atom is -0.342 e. The van der Waals surface area contributed by atoms with E-state index in [0.29, 0.717) is 24.2 Å². The van der Waals surface area contributed by atoms with Crippen molar-refractivity contribution in [1.82, 2.24) is 29.2 Å². The third-order valence-electron chi connectivity index (χ3n) is 4.75. The Balaban J connectivity index is 1.73. The summed E-state index contributed by atoms with van der Waals surface area (Å²) in [6, 6.07) is 9.16. The topological polar surface area (TPSA) is 98.5 Å². The van der Waals surface area contributed by atoms with Crippen molar-refractivity contribution >= 4 is 11.6 Å². The molecule has 0 radical (unpaired) electrons. The number of hydrogen-bond donors (Lipinski definition) is 0. The van der Waals surface area contributed by atoms with Gasteiger partial charge in [-0.3, -0.25) is 4.79 Å². The number of likely N-dealkylation sites (N-methyl/N-ethyl adjacent to an activating group) is 1. The number of nitrogens with zero attached hydrogens (tertiary/aromatic N) is 6. The normalized spacial score (nSPS) is 11.2. The van der Waals surface area contributed by atoms with Crippen molar-refractivity contribution in [3.05, 3.63) is 58.9 Å². The van der Waals surface area contributed by atoms with Gasteiger partial charge in [0.1, 0.15) is 12.4 Å². The molecule has 9 nitrogen and oxygen atoms in total. The second-order valence-electron chi connectivity index (χ2n) is 6.56. The molecule has 0 bridgehead atoms. The zero-order valence-electron chi connectivity index (χ0n) is 16.4. The molecule has 0 unspecified atom stereocenters. The van der Waals surface area contributed by atoms with Crippen LogP contribution in [0.15, 0.2) is 51.9 Å². The van der Waals surface area contributed by atoms with E-state index in [4.69, 9.17) is 4.52 Å². The van der Waals surface area contributed by atoms with Gasteiger partial charge in [-0.05, 0) is 38.1 Å². The molecule has 0 atom stereocenters. The molecule has 3 heterocycles. The molecule has 3 aromatic heterocycles. The smallest absolute Gasteiger partial charge is 0.342 e. The molecule has 0 N–H and O–H groups in total. The van der Waals surface area contributed by atoms with E-state index in [1.165, 1.54) is 16.5 Å². The van der Waals surface area contributed by atoms with E-state index < -0.39 is 11.5 Å². The summed E-state index contributed by atoms with van der Waals surface area (Å²) in [5, 5.41) is 8.21. The zero-order valence-corrected chi connectivity index (χ0v) is 16.4. The highest BCUT2D eigenvalue weighted by Crippen LogP contribution is 2.24. The largest absolute Gasteiger partial charge is 0.350 e. The van der Waals surface area contributed by atoms with Gasteiger partial charge in [0, 0.05) is 24.8 Å². The monoisotopic (exact) mass is 410 g/mol. The van der Waals surface area contributed by atoms with Crippen LogP contribution in [-0.2, 0) is 11.3 Å². The molecule has 1 amide bonds. The van der Waals surface area contributed by atoms with Gasteiger partial charge in [-0.15, -0.1) is 5.10 Å². The molecule has 30 heavy (non-hydrogen) atoms. The molecule has 154 valence electrons. The average Bonchev–Trinajstić information content (AvgIpc) is 3.35. The molecular formula is C20H19FN6O3. The Morgan fingerprint density at radius 1 is 1.20 bits per heavy atom. The molecule has 4 rings (SSSR count). The van der Waals surface area contributed by atoms with Crippen LogP contribution in [0.5, 0.6) is 0 Å². The number of fused-ring (bicyclic) bond motifs is 1. The first kappa shape index (κ1) is 19.5. The number of benzene rings is 1. The molecule has 4 aromatic rings. The van der Waals surface area contributed by atoms with E-state index in [0.717, 1.165) is 4.68 Å². The number of aromatic nitrogens is 5. The lowest BCUT2D eigenvalue weighted by Gasteiger charge is -2.17. The maximum Gasteiger partial charge on any atom is 0.350 e. The summed E-state index contributed by atoms with van der Waals surface area (Å²) in [5.41, 5.74) is 0.727. The summed E-state index contributed by atoms with van der Waals surface area (Å²) < 4.78 is 21.2. The molecule has 0 saturated carbocycles. The number of carbonyl (C=O) groups excluding carboxylic acids is 1. The highest BCUT2D eigenvalue weighted by atomic mass is 19.1. The molecule has 10 heteroatoms. The van der Waals surface area contributed by atoms with Crippen molar-refractivity contribution in [3.8, 4) is 22.8 Å². The van der Waals surface area contributed by atoms with E-state index in [1.54, 1.807) is 35.4 Å². The highest BCUT2D eigenvalue weighted by Gasteiger charge is 2.19. The van der Waals surface area contributed by atoms with Gasteiger partial charge >= 0.3 is 5.69 Å². The summed E-state index contributed by atoms with van der Waals surface area (Å²) in [7, 11) is 0. The van der Waals surface area contributed by atoms with Crippen LogP contribution in [0.2, 0.25) is 0 Å². The van der Waals surface area contributed by atoms with Crippen molar-refractivity contribution in [2.45, 2.75) is 20.4 Å². The lowest BCUT2D eigenvalue weighted by molar-refractivity contribution is -0.131. The van der Waals surface area contributed by atoms with Crippen molar-refractivity contribution in [2.24, 2.45) is 0 Å². The van der Waals surface area contributed by atoms with Crippen LogP contribution in [-0.4, -0.2) is 48.2 Å². The van der Waals surface area contributed by atoms with E-state index >= 15 is 0 Å². The fourth-order valence-electron chi connectivity index (χ4n) is 3.19. The molecule has 0 fully saturated rings. The van der Waals surface area contributed by atoms with Crippen molar-refractivity contribution in [2.75, 3.05) is 13.1 Å². The Labute approximate surface area is 170 Å². The number of pyridine rings is 1. The highest BCUT2D eigenvalue weighted by molar-refractivity contribution is 5.76. The summed E-state index contributed by atoms with van der Waals surface area (Å²) in [6.45, 7) is 4.68. The van der Waals surface area contributed by atoms with Crippen LogP contribution in [0.25, 0.3) is 28.5 Å². The third kappa shape index (κ3) is 3.47.